The second kappa shape index (κ2) is 4.06. The summed E-state index contributed by atoms with van der Waals surface area (Å²) in [6.07, 6.45) is -5.43. The Kier molecular flexibility index (Phi) is 3.19. The molecule has 0 fully saturated rings. The van der Waals surface area contributed by atoms with Crippen LogP contribution in [0.15, 0.2) is 36.4 Å². The van der Waals surface area contributed by atoms with Gasteiger partial charge in [-0.05, 0) is 30.2 Å². The molecule has 1 aromatic carbocycles. The molecule has 0 heterocycles. The van der Waals surface area contributed by atoms with Gasteiger partial charge in [0.1, 0.15) is 0 Å². The molecule has 1 aromatic rings. The van der Waals surface area contributed by atoms with Gasteiger partial charge in [-0.15, -0.1) is 0 Å². The topological polar surface area (TPSA) is 20.2 Å². The average molecular weight is 216 g/mol. The summed E-state index contributed by atoms with van der Waals surface area (Å²) in [5.41, 5.74) is -0.146. The molecule has 15 heavy (non-hydrogen) atoms. The van der Waals surface area contributed by atoms with Crippen molar-refractivity contribution in [3.63, 3.8) is 0 Å². The van der Waals surface area contributed by atoms with Crippen LogP contribution < -0.4 is 0 Å². The number of aliphatic hydroxyl groups excluding tert-OH is 1. The first-order valence-electron chi connectivity index (χ1n) is 4.33. The Hall–Kier alpha value is -1.29. The van der Waals surface area contributed by atoms with Crippen LogP contribution in [0.2, 0.25) is 0 Å². The zero-order chi connectivity index (χ0) is 11.6. The summed E-state index contributed by atoms with van der Waals surface area (Å²) in [5.74, 6) is 0. The Labute approximate surface area is 85.9 Å². The first-order chi connectivity index (χ1) is 6.82. The van der Waals surface area contributed by atoms with E-state index in [1.54, 1.807) is 6.92 Å². The Morgan fingerprint density at radius 3 is 2.47 bits per heavy atom. The summed E-state index contributed by atoms with van der Waals surface area (Å²) in [4.78, 5) is 0. The van der Waals surface area contributed by atoms with Gasteiger partial charge in [-0.3, -0.25) is 0 Å². The van der Waals surface area contributed by atoms with Crippen molar-refractivity contribution in [1.82, 2.24) is 0 Å². The highest BCUT2D eigenvalue weighted by Crippen LogP contribution is 2.31. The van der Waals surface area contributed by atoms with E-state index in [9.17, 15) is 18.3 Å². The first-order valence-corrected chi connectivity index (χ1v) is 4.33. The molecule has 1 N–H and O–H groups in total. The maximum absolute atomic E-state index is 12.3. The second-order valence-corrected chi connectivity index (χ2v) is 3.37. The van der Waals surface area contributed by atoms with Crippen LogP contribution >= 0.6 is 0 Å². The maximum Gasteiger partial charge on any atom is 0.416 e. The zero-order valence-corrected chi connectivity index (χ0v) is 8.17. The lowest BCUT2D eigenvalue weighted by Crippen LogP contribution is -2.07. The fourth-order valence-electron chi connectivity index (χ4n) is 1.17. The van der Waals surface area contributed by atoms with Gasteiger partial charge in [0.15, 0.2) is 0 Å². The molecule has 4 heteroatoms. The quantitative estimate of drug-likeness (QED) is 0.752. The van der Waals surface area contributed by atoms with Gasteiger partial charge < -0.3 is 5.11 Å². The average Bonchev–Trinajstić information content (AvgIpc) is 2.15. The Morgan fingerprint density at radius 1 is 1.40 bits per heavy atom. The number of hydrogen-bond donors (Lipinski definition) is 1. The number of rotatable bonds is 2. The number of benzene rings is 1. The minimum absolute atomic E-state index is 0.206. The van der Waals surface area contributed by atoms with Crippen LogP contribution in [0.25, 0.3) is 0 Å². The predicted molar refractivity (Wildman–Crippen MR) is 51.2 cm³/mol. The number of alkyl halides is 3. The van der Waals surface area contributed by atoms with Crippen molar-refractivity contribution in [2.24, 2.45) is 0 Å². The van der Waals surface area contributed by atoms with E-state index in [1.807, 2.05) is 0 Å². The van der Waals surface area contributed by atoms with Crippen molar-refractivity contribution in [2.75, 3.05) is 0 Å². The van der Waals surface area contributed by atoms with Gasteiger partial charge >= 0.3 is 6.18 Å². The third-order valence-corrected chi connectivity index (χ3v) is 2.00. The lowest BCUT2D eigenvalue weighted by molar-refractivity contribution is -0.137. The summed E-state index contributed by atoms with van der Waals surface area (Å²) in [5, 5.41) is 9.52. The molecule has 0 bridgehead atoms. The molecular formula is C11H11F3O. The van der Waals surface area contributed by atoms with Crippen LogP contribution in [-0.2, 0) is 6.18 Å². The standard InChI is InChI=1S/C11H11F3O/c1-7(2)10(15)8-4-3-5-9(6-8)11(12,13)14/h3-6,10,15H,1H2,2H3. The molecule has 0 saturated heterocycles. The molecular weight excluding hydrogens is 205 g/mol. The van der Waals surface area contributed by atoms with Crippen LogP contribution in [0, 0.1) is 0 Å². The molecule has 0 spiro atoms. The van der Waals surface area contributed by atoms with Crippen LogP contribution in [-0.4, -0.2) is 5.11 Å². The van der Waals surface area contributed by atoms with Crippen molar-refractivity contribution in [3.8, 4) is 0 Å². The van der Waals surface area contributed by atoms with Crippen molar-refractivity contribution >= 4 is 0 Å². The van der Waals surface area contributed by atoms with E-state index in [2.05, 4.69) is 6.58 Å². The summed E-state index contributed by atoms with van der Waals surface area (Å²) in [6.45, 7) is 5.05. The van der Waals surface area contributed by atoms with Gasteiger partial charge in [0, 0.05) is 0 Å². The first kappa shape index (κ1) is 11.8. The number of hydrogen-bond acceptors (Lipinski definition) is 1. The molecule has 0 aliphatic carbocycles. The van der Waals surface area contributed by atoms with E-state index in [0.717, 1.165) is 12.1 Å². The molecule has 1 nitrogen and oxygen atoms in total. The molecule has 1 rings (SSSR count). The monoisotopic (exact) mass is 216 g/mol. The van der Waals surface area contributed by atoms with E-state index < -0.39 is 17.8 Å². The molecule has 0 aliphatic rings. The van der Waals surface area contributed by atoms with E-state index in [0.29, 0.717) is 5.57 Å². The summed E-state index contributed by atoms with van der Waals surface area (Å²) in [6, 6.07) is 4.60. The van der Waals surface area contributed by atoms with Crippen molar-refractivity contribution < 1.29 is 18.3 Å². The van der Waals surface area contributed by atoms with Gasteiger partial charge in [0.05, 0.1) is 11.7 Å². The normalized spacial score (nSPS) is 13.7. The minimum Gasteiger partial charge on any atom is -0.384 e. The van der Waals surface area contributed by atoms with Crippen LogP contribution in [0.1, 0.15) is 24.2 Å². The molecule has 82 valence electrons. The molecule has 0 aromatic heterocycles. The summed E-state index contributed by atoms with van der Waals surface area (Å²) >= 11 is 0. The van der Waals surface area contributed by atoms with E-state index >= 15 is 0 Å². The van der Waals surface area contributed by atoms with Crippen molar-refractivity contribution in [2.45, 2.75) is 19.2 Å². The molecule has 1 atom stereocenters. The molecule has 0 saturated carbocycles. The fraction of sp³-hybridized carbons (Fsp3) is 0.273. The predicted octanol–water partition coefficient (Wildman–Crippen LogP) is 3.31. The Balaban J connectivity index is 3.08. The third kappa shape index (κ3) is 2.83. The highest BCUT2D eigenvalue weighted by atomic mass is 19.4. The lowest BCUT2D eigenvalue weighted by atomic mass is 10.0. The third-order valence-electron chi connectivity index (χ3n) is 2.00. The van der Waals surface area contributed by atoms with E-state index in [-0.39, 0.29) is 5.56 Å². The van der Waals surface area contributed by atoms with Gasteiger partial charge in [-0.25, -0.2) is 0 Å². The van der Waals surface area contributed by atoms with Gasteiger partial charge in [0.25, 0.3) is 0 Å². The Bertz CT molecular complexity index is 368. The highest BCUT2D eigenvalue weighted by molar-refractivity contribution is 5.30. The highest BCUT2D eigenvalue weighted by Gasteiger charge is 2.30. The van der Waals surface area contributed by atoms with Crippen molar-refractivity contribution in [1.29, 1.82) is 0 Å². The Morgan fingerprint density at radius 2 is 2.00 bits per heavy atom. The summed E-state index contributed by atoms with van der Waals surface area (Å²) in [7, 11) is 0. The molecule has 0 amide bonds. The van der Waals surface area contributed by atoms with Gasteiger partial charge in [0.2, 0.25) is 0 Å². The zero-order valence-electron chi connectivity index (χ0n) is 8.17. The SMILES string of the molecule is C=C(C)C(O)c1cccc(C(F)(F)F)c1. The van der Waals surface area contributed by atoms with Gasteiger partial charge in [-0.2, -0.15) is 13.2 Å². The van der Waals surface area contributed by atoms with Crippen LogP contribution in [0.3, 0.4) is 0 Å². The van der Waals surface area contributed by atoms with Gasteiger partial charge in [-0.1, -0.05) is 18.7 Å². The molecule has 1 unspecified atom stereocenters. The number of halogens is 3. The fourth-order valence-corrected chi connectivity index (χ4v) is 1.17. The second-order valence-electron chi connectivity index (χ2n) is 3.37. The minimum atomic E-state index is -4.38. The van der Waals surface area contributed by atoms with Crippen molar-refractivity contribution in [3.05, 3.63) is 47.5 Å². The van der Waals surface area contributed by atoms with Crippen LogP contribution in [0.4, 0.5) is 13.2 Å². The molecule has 0 radical (unpaired) electrons. The molecule has 0 aliphatic heterocycles. The van der Waals surface area contributed by atoms with Crippen LogP contribution in [0.5, 0.6) is 0 Å². The smallest absolute Gasteiger partial charge is 0.384 e. The van der Waals surface area contributed by atoms with E-state index in [1.165, 1.54) is 12.1 Å². The number of aliphatic hydroxyl groups is 1. The van der Waals surface area contributed by atoms with E-state index in [4.69, 9.17) is 0 Å². The largest absolute Gasteiger partial charge is 0.416 e. The summed E-state index contributed by atoms with van der Waals surface area (Å²) < 4.78 is 37.0. The lowest BCUT2D eigenvalue weighted by Gasteiger charge is -2.13. The maximum atomic E-state index is 12.3.